The number of thiazole rings is 1. The molecule has 7 heteroatoms. The molecular formula is C13H14N2O4S. The van der Waals surface area contributed by atoms with E-state index in [0.717, 1.165) is 11.3 Å². The molecule has 1 unspecified atom stereocenters. The fourth-order valence-corrected chi connectivity index (χ4v) is 2.49. The molecule has 0 saturated heterocycles. The molecule has 0 fully saturated rings. The maximum atomic E-state index is 12.1. The number of nitrogens with zero attached hydrogens (tertiary/aromatic N) is 2. The van der Waals surface area contributed by atoms with Crippen molar-refractivity contribution in [2.75, 3.05) is 13.6 Å². The van der Waals surface area contributed by atoms with E-state index >= 15 is 0 Å². The molecule has 0 aliphatic rings. The third kappa shape index (κ3) is 3.05. The number of hydrogen-bond acceptors (Lipinski definition) is 5. The summed E-state index contributed by atoms with van der Waals surface area (Å²) >= 11 is 1.54. The second-order valence-electron chi connectivity index (χ2n) is 4.46. The Kier molecular flexibility index (Phi) is 4.19. The van der Waals surface area contributed by atoms with Gasteiger partial charge in [-0.25, -0.2) is 9.78 Å². The van der Waals surface area contributed by atoms with Gasteiger partial charge in [0.15, 0.2) is 5.76 Å². The first-order valence-electron chi connectivity index (χ1n) is 5.95. The molecule has 1 atom stereocenters. The number of carbonyl (C=O) groups is 2. The lowest BCUT2D eigenvalue weighted by Crippen LogP contribution is -2.30. The van der Waals surface area contributed by atoms with E-state index in [1.165, 1.54) is 22.3 Å². The second kappa shape index (κ2) is 5.87. The summed E-state index contributed by atoms with van der Waals surface area (Å²) in [5, 5.41) is 11.6. The lowest BCUT2D eigenvalue weighted by molar-refractivity contribution is 0.0695. The van der Waals surface area contributed by atoms with Crippen molar-refractivity contribution < 1.29 is 19.1 Å². The number of furan rings is 1. The zero-order valence-corrected chi connectivity index (χ0v) is 11.9. The van der Waals surface area contributed by atoms with E-state index in [1.54, 1.807) is 13.2 Å². The molecule has 20 heavy (non-hydrogen) atoms. The van der Waals surface area contributed by atoms with Crippen LogP contribution in [-0.2, 0) is 0 Å². The Morgan fingerprint density at radius 1 is 1.55 bits per heavy atom. The summed E-state index contributed by atoms with van der Waals surface area (Å²) in [6, 6.07) is 1.23. The molecule has 1 amide bonds. The van der Waals surface area contributed by atoms with Gasteiger partial charge in [0.25, 0.3) is 5.91 Å². The standard InChI is InChI=1S/C13H14N2O4S/c1-8(11-14-3-4-20-11)6-15(2)12(16)10-5-9(7-19-10)13(17)18/h3-5,7-8H,6H2,1-2H3,(H,17,18). The molecule has 2 heterocycles. The molecule has 0 spiro atoms. The first-order valence-corrected chi connectivity index (χ1v) is 6.83. The van der Waals surface area contributed by atoms with Gasteiger partial charge < -0.3 is 14.4 Å². The number of aromatic carboxylic acids is 1. The minimum absolute atomic E-state index is 0.0243. The predicted octanol–water partition coefficient (Wildman–Crippen LogP) is 2.31. The summed E-state index contributed by atoms with van der Waals surface area (Å²) in [5.74, 6) is -1.33. The summed E-state index contributed by atoms with van der Waals surface area (Å²) in [7, 11) is 1.65. The summed E-state index contributed by atoms with van der Waals surface area (Å²) in [4.78, 5) is 28.6. The van der Waals surface area contributed by atoms with Crippen LogP contribution in [-0.4, -0.2) is 40.5 Å². The Morgan fingerprint density at radius 2 is 2.30 bits per heavy atom. The van der Waals surface area contributed by atoms with Crippen molar-refractivity contribution in [1.82, 2.24) is 9.88 Å². The van der Waals surface area contributed by atoms with Gasteiger partial charge in [-0.05, 0) is 0 Å². The van der Waals surface area contributed by atoms with E-state index in [0.29, 0.717) is 6.54 Å². The van der Waals surface area contributed by atoms with Crippen molar-refractivity contribution in [3.63, 3.8) is 0 Å². The van der Waals surface area contributed by atoms with Crippen molar-refractivity contribution in [2.45, 2.75) is 12.8 Å². The van der Waals surface area contributed by atoms with Crippen LogP contribution in [0, 0.1) is 0 Å². The van der Waals surface area contributed by atoms with Crippen LogP contribution in [0.1, 0.15) is 38.8 Å². The second-order valence-corrected chi connectivity index (χ2v) is 5.39. The number of carbonyl (C=O) groups excluding carboxylic acids is 1. The minimum atomic E-state index is -1.12. The number of likely N-dealkylation sites (N-methyl/N-ethyl adjacent to an activating group) is 1. The Balaban J connectivity index is 2.02. The Labute approximate surface area is 119 Å². The highest BCUT2D eigenvalue weighted by Gasteiger charge is 2.20. The largest absolute Gasteiger partial charge is 0.478 e. The maximum absolute atomic E-state index is 12.1. The molecule has 0 radical (unpaired) electrons. The first-order chi connectivity index (χ1) is 9.49. The summed E-state index contributed by atoms with van der Waals surface area (Å²) in [5.41, 5.74) is -0.0327. The lowest BCUT2D eigenvalue weighted by atomic mass is 10.2. The van der Waals surface area contributed by atoms with Gasteiger partial charge in [-0.1, -0.05) is 6.92 Å². The minimum Gasteiger partial charge on any atom is -0.478 e. The molecule has 2 rings (SSSR count). The van der Waals surface area contributed by atoms with Gasteiger partial charge in [0.1, 0.15) is 6.26 Å². The molecule has 0 aromatic carbocycles. The van der Waals surface area contributed by atoms with Gasteiger partial charge in [0, 0.05) is 37.2 Å². The molecular weight excluding hydrogens is 280 g/mol. The summed E-state index contributed by atoms with van der Waals surface area (Å²) in [6.45, 7) is 2.46. The monoisotopic (exact) mass is 294 g/mol. The van der Waals surface area contributed by atoms with Gasteiger partial charge in [0.05, 0.1) is 10.6 Å². The molecule has 0 aliphatic heterocycles. The Hall–Kier alpha value is -2.15. The Bertz CT molecular complexity index is 606. The van der Waals surface area contributed by atoms with E-state index in [2.05, 4.69) is 4.98 Å². The van der Waals surface area contributed by atoms with E-state index in [-0.39, 0.29) is 23.1 Å². The van der Waals surface area contributed by atoms with Gasteiger partial charge in [0.2, 0.25) is 0 Å². The van der Waals surface area contributed by atoms with Crippen LogP contribution < -0.4 is 0 Å². The number of rotatable bonds is 5. The lowest BCUT2D eigenvalue weighted by Gasteiger charge is -2.19. The van der Waals surface area contributed by atoms with Crippen LogP contribution in [0.5, 0.6) is 0 Å². The summed E-state index contributed by atoms with van der Waals surface area (Å²) < 4.78 is 5.00. The van der Waals surface area contributed by atoms with Crippen LogP contribution in [0.25, 0.3) is 0 Å². The molecule has 2 aromatic heterocycles. The highest BCUT2D eigenvalue weighted by Crippen LogP contribution is 2.19. The van der Waals surface area contributed by atoms with Gasteiger partial charge in [-0.2, -0.15) is 0 Å². The van der Waals surface area contributed by atoms with Crippen LogP contribution in [0.2, 0.25) is 0 Å². The molecule has 0 bridgehead atoms. The van der Waals surface area contributed by atoms with Gasteiger partial charge in [-0.15, -0.1) is 11.3 Å². The highest BCUT2D eigenvalue weighted by atomic mass is 32.1. The maximum Gasteiger partial charge on any atom is 0.338 e. The van der Waals surface area contributed by atoms with Crippen molar-refractivity contribution >= 4 is 23.2 Å². The topological polar surface area (TPSA) is 83.6 Å². The number of aromatic nitrogens is 1. The fourth-order valence-electron chi connectivity index (χ4n) is 1.80. The van der Waals surface area contributed by atoms with Gasteiger partial charge in [-0.3, -0.25) is 4.79 Å². The molecule has 0 aliphatic carbocycles. The van der Waals surface area contributed by atoms with Crippen molar-refractivity contribution in [3.8, 4) is 0 Å². The van der Waals surface area contributed by atoms with E-state index in [9.17, 15) is 9.59 Å². The normalized spacial score (nSPS) is 12.1. The third-order valence-electron chi connectivity index (χ3n) is 2.82. The Morgan fingerprint density at radius 3 is 2.85 bits per heavy atom. The molecule has 106 valence electrons. The zero-order chi connectivity index (χ0) is 14.7. The quantitative estimate of drug-likeness (QED) is 0.914. The molecule has 6 nitrogen and oxygen atoms in total. The first kappa shape index (κ1) is 14.3. The number of carboxylic acids is 1. The van der Waals surface area contributed by atoms with Crippen molar-refractivity contribution in [1.29, 1.82) is 0 Å². The average molecular weight is 294 g/mol. The number of carboxylic acid groups (broad SMARTS) is 1. The molecule has 2 aromatic rings. The van der Waals surface area contributed by atoms with Crippen LogP contribution in [0.3, 0.4) is 0 Å². The molecule has 0 saturated carbocycles. The smallest absolute Gasteiger partial charge is 0.338 e. The van der Waals surface area contributed by atoms with E-state index < -0.39 is 5.97 Å². The van der Waals surface area contributed by atoms with Crippen molar-refractivity contribution in [2.24, 2.45) is 0 Å². The van der Waals surface area contributed by atoms with Gasteiger partial charge >= 0.3 is 5.97 Å². The molecule has 1 N–H and O–H groups in total. The van der Waals surface area contributed by atoms with E-state index in [4.69, 9.17) is 9.52 Å². The fraction of sp³-hybridized carbons (Fsp3) is 0.308. The van der Waals surface area contributed by atoms with Crippen LogP contribution in [0.15, 0.2) is 28.3 Å². The third-order valence-corrected chi connectivity index (χ3v) is 3.83. The van der Waals surface area contributed by atoms with Crippen LogP contribution >= 0.6 is 11.3 Å². The number of hydrogen-bond donors (Lipinski definition) is 1. The van der Waals surface area contributed by atoms with E-state index in [1.807, 2.05) is 12.3 Å². The number of amides is 1. The SMILES string of the molecule is CC(CN(C)C(=O)c1cc(C(=O)O)co1)c1nccs1. The highest BCUT2D eigenvalue weighted by molar-refractivity contribution is 7.09. The average Bonchev–Trinajstić information content (AvgIpc) is 3.08. The van der Waals surface area contributed by atoms with Crippen LogP contribution in [0.4, 0.5) is 0 Å². The zero-order valence-electron chi connectivity index (χ0n) is 11.1. The summed E-state index contributed by atoms with van der Waals surface area (Å²) in [6.07, 6.45) is 2.79. The predicted molar refractivity (Wildman–Crippen MR) is 73.2 cm³/mol. The van der Waals surface area contributed by atoms with Crippen molar-refractivity contribution in [3.05, 3.63) is 40.2 Å².